The summed E-state index contributed by atoms with van der Waals surface area (Å²) in [4.78, 5) is 15.3. The lowest BCUT2D eigenvalue weighted by molar-refractivity contribution is 0.0671. The summed E-state index contributed by atoms with van der Waals surface area (Å²) in [5.41, 5.74) is 1.11. The van der Waals surface area contributed by atoms with E-state index >= 15 is 0 Å². The third-order valence-electron chi connectivity index (χ3n) is 4.30. The van der Waals surface area contributed by atoms with Crippen LogP contribution in [0.15, 0.2) is 6.07 Å². The van der Waals surface area contributed by atoms with Crippen LogP contribution in [0.3, 0.4) is 0 Å². The van der Waals surface area contributed by atoms with Crippen LogP contribution >= 0.6 is 11.3 Å². The van der Waals surface area contributed by atoms with E-state index in [4.69, 9.17) is 0 Å². The molecule has 1 spiro atoms. The highest BCUT2D eigenvalue weighted by molar-refractivity contribution is 7.12. The summed E-state index contributed by atoms with van der Waals surface area (Å²) < 4.78 is 0. The van der Waals surface area contributed by atoms with Crippen molar-refractivity contribution in [3.05, 3.63) is 21.4 Å². The van der Waals surface area contributed by atoms with Gasteiger partial charge in [-0.3, -0.25) is 4.79 Å². The summed E-state index contributed by atoms with van der Waals surface area (Å²) >= 11 is 1.82. The zero-order chi connectivity index (χ0) is 11.2. The zero-order valence-electron chi connectivity index (χ0n) is 9.84. The lowest BCUT2D eigenvalue weighted by Crippen LogP contribution is -2.37. The Balaban J connectivity index is 1.99. The van der Waals surface area contributed by atoms with E-state index in [-0.39, 0.29) is 5.41 Å². The van der Waals surface area contributed by atoms with Crippen molar-refractivity contribution >= 4 is 17.1 Å². The Bertz CT molecular complexity index is 424. The van der Waals surface area contributed by atoms with Crippen LogP contribution in [0.25, 0.3) is 0 Å². The molecule has 0 bridgehead atoms. The van der Waals surface area contributed by atoms with Gasteiger partial charge in [-0.05, 0) is 38.7 Å². The molecular weight excluding hydrogens is 216 g/mol. The van der Waals surface area contributed by atoms with E-state index in [1.54, 1.807) is 0 Å². The fraction of sp³-hybridized carbons (Fsp3) is 0.643. The topological polar surface area (TPSA) is 17.1 Å². The number of aryl methyl sites for hydroxylation is 2. The average Bonchev–Trinajstić information content (AvgIpc) is 2.67. The third-order valence-corrected chi connectivity index (χ3v) is 5.41. The molecule has 0 radical (unpaired) electrons. The SMILES string of the molecule is Cc1cc2c(s1)CCC1(CCCCC1)C2=O. The van der Waals surface area contributed by atoms with Crippen LogP contribution in [-0.2, 0) is 6.42 Å². The van der Waals surface area contributed by atoms with Crippen LogP contribution in [0.5, 0.6) is 0 Å². The maximum absolute atomic E-state index is 12.6. The van der Waals surface area contributed by atoms with Crippen molar-refractivity contribution in [2.24, 2.45) is 5.41 Å². The molecule has 3 rings (SSSR count). The minimum Gasteiger partial charge on any atom is -0.294 e. The third kappa shape index (κ3) is 1.46. The van der Waals surface area contributed by atoms with Crippen LogP contribution in [0, 0.1) is 12.3 Å². The zero-order valence-corrected chi connectivity index (χ0v) is 10.7. The van der Waals surface area contributed by atoms with Crippen molar-refractivity contribution in [1.82, 2.24) is 0 Å². The number of hydrogen-bond donors (Lipinski definition) is 0. The average molecular weight is 234 g/mol. The minimum atomic E-state index is 0.0404. The van der Waals surface area contributed by atoms with Gasteiger partial charge in [0.1, 0.15) is 0 Å². The van der Waals surface area contributed by atoms with Crippen molar-refractivity contribution in [3.8, 4) is 0 Å². The van der Waals surface area contributed by atoms with E-state index in [1.165, 1.54) is 29.0 Å². The highest BCUT2D eigenvalue weighted by atomic mass is 32.1. The molecule has 0 atom stereocenters. The predicted octanol–water partition coefficient (Wildman–Crippen LogP) is 4.14. The van der Waals surface area contributed by atoms with Gasteiger partial charge in [0, 0.05) is 20.7 Å². The van der Waals surface area contributed by atoms with Crippen LogP contribution in [0.2, 0.25) is 0 Å². The quantitative estimate of drug-likeness (QED) is 0.659. The molecule has 0 unspecified atom stereocenters. The van der Waals surface area contributed by atoms with Gasteiger partial charge in [-0.15, -0.1) is 11.3 Å². The highest BCUT2D eigenvalue weighted by Gasteiger charge is 2.43. The van der Waals surface area contributed by atoms with Crippen LogP contribution in [0.4, 0.5) is 0 Å². The Hall–Kier alpha value is -0.630. The number of Topliss-reactive ketones (excluding diaryl/α,β-unsaturated/α-hetero) is 1. The molecule has 1 saturated carbocycles. The molecule has 16 heavy (non-hydrogen) atoms. The fourth-order valence-electron chi connectivity index (χ4n) is 3.40. The molecule has 0 aromatic carbocycles. The van der Waals surface area contributed by atoms with Gasteiger partial charge in [-0.25, -0.2) is 0 Å². The molecular formula is C14H18OS. The largest absolute Gasteiger partial charge is 0.294 e. The number of hydrogen-bond acceptors (Lipinski definition) is 2. The smallest absolute Gasteiger partial charge is 0.170 e. The fourth-order valence-corrected chi connectivity index (χ4v) is 4.43. The monoisotopic (exact) mass is 234 g/mol. The maximum atomic E-state index is 12.6. The second-order valence-electron chi connectivity index (χ2n) is 5.36. The number of carbonyl (C=O) groups is 1. The van der Waals surface area contributed by atoms with Crippen molar-refractivity contribution < 1.29 is 4.79 Å². The molecule has 0 N–H and O–H groups in total. The van der Waals surface area contributed by atoms with Gasteiger partial charge in [0.05, 0.1) is 0 Å². The number of fused-ring (bicyclic) bond motifs is 1. The first-order valence-corrected chi connectivity index (χ1v) is 7.17. The van der Waals surface area contributed by atoms with Crippen molar-refractivity contribution in [3.63, 3.8) is 0 Å². The first kappa shape index (κ1) is 10.5. The molecule has 2 heteroatoms. The lowest BCUT2D eigenvalue weighted by Gasteiger charge is -2.38. The van der Waals surface area contributed by atoms with Crippen LogP contribution in [0.1, 0.15) is 58.6 Å². The minimum absolute atomic E-state index is 0.0404. The summed E-state index contributed by atoms with van der Waals surface area (Å²) in [6.45, 7) is 2.11. The Kier molecular flexibility index (Phi) is 2.43. The molecule has 1 aromatic rings. The van der Waals surface area contributed by atoms with Crippen LogP contribution < -0.4 is 0 Å². The van der Waals surface area contributed by atoms with E-state index in [9.17, 15) is 4.79 Å². The van der Waals surface area contributed by atoms with Gasteiger partial charge in [0.2, 0.25) is 0 Å². The molecule has 1 nitrogen and oxygen atoms in total. The summed E-state index contributed by atoms with van der Waals surface area (Å²) in [7, 11) is 0. The Labute approximate surface area is 101 Å². The summed E-state index contributed by atoms with van der Waals surface area (Å²) in [6, 6.07) is 2.12. The molecule has 1 fully saturated rings. The molecule has 2 aliphatic carbocycles. The first-order chi connectivity index (χ1) is 7.71. The van der Waals surface area contributed by atoms with Crippen molar-refractivity contribution in [2.45, 2.75) is 51.9 Å². The Morgan fingerprint density at radius 3 is 2.69 bits per heavy atom. The van der Waals surface area contributed by atoms with Gasteiger partial charge in [-0.2, -0.15) is 0 Å². The molecule has 2 aliphatic rings. The molecule has 0 saturated heterocycles. The second-order valence-corrected chi connectivity index (χ2v) is 6.70. The van der Waals surface area contributed by atoms with E-state index in [1.807, 2.05) is 11.3 Å². The Morgan fingerprint density at radius 2 is 1.94 bits per heavy atom. The summed E-state index contributed by atoms with van der Waals surface area (Å²) in [6.07, 6.45) is 8.36. The lowest BCUT2D eigenvalue weighted by atomic mass is 9.64. The number of carbonyl (C=O) groups excluding carboxylic acids is 1. The van der Waals surface area contributed by atoms with Crippen LogP contribution in [-0.4, -0.2) is 5.78 Å². The second kappa shape index (κ2) is 3.69. The predicted molar refractivity (Wildman–Crippen MR) is 67.2 cm³/mol. The standard InChI is InChI=1S/C14H18OS/c1-10-9-11-12(16-10)5-8-14(13(11)15)6-3-2-4-7-14/h9H,2-8H2,1H3. The van der Waals surface area contributed by atoms with E-state index in [2.05, 4.69) is 13.0 Å². The first-order valence-electron chi connectivity index (χ1n) is 6.35. The van der Waals surface area contributed by atoms with Gasteiger partial charge >= 0.3 is 0 Å². The number of rotatable bonds is 0. The number of thiophene rings is 1. The molecule has 0 amide bonds. The van der Waals surface area contributed by atoms with E-state index < -0.39 is 0 Å². The molecule has 0 aliphatic heterocycles. The van der Waals surface area contributed by atoms with E-state index in [0.717, 1.165) is 31.2 Å². The number of ketones is 1. The summed E-state index contributed by atoms with van der Waals surface area (Å²) in [5.74, 6) is 0.470. The van der Waals surface area contributed by atoms with Gasteiger partial charge in [-0.1, -0.05) is 19.3 Å². The normalized spacial score (nSPS) is 23.4. The Morgan fingerprint density at radius 1 is 1.19 bits per heavy atom. The highest BCUT2D eigenvalue weighted by Crippen LogP contribution is 2.47. The van der Waals surface area contributed by atoms with Gasteiger partial charge in [0.15, 0.2) is 5.78 Å². The molecule has 1 heterocycles. The molecule has 86 valence electrons. The van der Waals surface area contributed by atoms with Crippen molar-refractivity contribution in [1.29, 1.82) is 0 Å². The van der Waals surface area contributed by atoms with Crippen molar-refractivity contribution in [2.75, 3.05) is 0 Å². The van der Waals surface area contributed by atoms with Gasteiger partial charge < -0.3 is 0 Å². The molecule has 1 aromatic heterocycles. The van der Waals surface area contributed by atoms with E-state index in [0.29, 0.717) is 5.78 Å². The summed E-state index contributed by atoms with van der Waals surface area (Å²) in [5, 5.41) is 0. The van der Waals surface area contributed by atoms with Gasteiger partial charge in [0.25, 0.3) is 0 Å². The maximum Gasteiger partial charge on any atom is 0.170 e.